The molecule has 29 heteroatoms. The van der Waals surface area contributed by atoms with E-state index in [-0.39, 0.29) is 238 Å². The molecule has 3 heterocycles. The van der Waals surface area contributed by atoms with Crippen LogP contribution in [0, 0.1) is 34.9 Å². The van der Waals surface area contributed by atoms with E-state index in [1.807, 2.05) is 12.1 Å². The van der Waals surface area contributed by atoms with E-state index in [1.54, 1.807) is 60.7 Å². The number of carbonyl (C=O) groups excluding carboxylic acids is 4. The number of hydrogen-bond donors (Lipinski definition) is 2. The molecule has 0 spiro atoms. The van der Waals surface area contributed by atoms with Crippen molar-refractivity contribution in [2.45, 2.75) is 25.3 Å². The summed E-state index contributed by atoms with van der Waals surface area (Å²) in [4.78, 5) is 77.2. The van der Waals surface area contributed by atoms with Crippen LogP contribution in [-0.2, 0) is 32.7 Å². The zero-order valence-electron chi connectivity index (χ0n) is 49.8. The third-order valence-electron chi connectivity index (χ3n) is 10.7. The van der Waals surface area contributed by atoms with E-state index < -0.39 is 54.5 Å². The van der Waals surface area contributed by atoms with E-state index in [0.29, 0.717) is 27.9 Å². The van der Waals surface area contributed by atoms with Crippen molar-refractivity contribution in [2.24, 2.45) is 0 Å². The van der Waals surface area contributed by atoms with E-state index in [9.17, 15) is 59.5 Å². The molecule has 0 amide bonds. The fourth-order valence-electron chi connectivity index (χ4n) is 7.09. The molecule has 0 saturated heterocycles. The molecule has 446 valence electrons. The van der Waals surface area contributed by atoms with Crippen molar-refractivity contribution in [3.63, 3.8) is 0 Å². The molecular weight excluding hydrogens is 1480 g/mol. The number of H-pyrrole nitrogens is 1. The number of aromatic amines is 1. The number of Topliss-reactive ketones (excluding diaryl/α,β-unsaturated/α-hetero) is 1. The van der Waals surface area contributed by atoms with Crippen LogP contribution in [0.5, 0.6) is 0 Å². The number of carboxylic acid groups (broad SMARTS) is 1. The van der Waals surface area contributed by atoms with Crippen molar-refractivity contribution in [2.75, 3.05) is 21.4 Å². The van der Waals surface area contributed by atoms with Crippen LogP contribution in [0.2, 0.25) is 0 Å². The summed E-state index contributed by atoms with van der Waals surface area (Å²) < 4.78 is 106. The van der Waals surface area contributed by atoms with Crippen LogP contribution < -0.4 is 189 Å². The summed E-state index contributed by atoms with van der Waals surface area (Å²) in [5.74, 6) is -0.376. The first-order valence-corrected chi connectivity index (χ1v) is 25.0. The maximum absolute atomic E-state index is 13.4. The Morgan fingerprint density at radius 1 is 0.591 bits per heavy atom. The van der Waals surface area contributed by atoms with Crippen LogP contribution >= 0.6 is 15.9 Å². The number of hydrogen-bond acceptors (Lipinski definition) is 14. The molecule has 3 N–H and O–H groups in total. The van der Waals surface area contributed by atoms with Crippen LogP contribution in [0.4, 0.5) is 30.7 Å². The predicted molar refractivity (Wildman–Crippen MR) is 301 cm³/mol. The topological polar surface area (TPSA) is 269 Å². The number of nitrogens with one attached hydrogen (secondary N) is 2. The summed E-state index contributed by atoms with van der Waals surface area (Å²) in [5.41, 5.74) is 4.42. The maximum Gasteiger partial charge on any atom is 1.00 e. The zero-order valence-corrected chi connectivity index (χ0v) is 63.9. The molecular formula is C59H50BrCs2F7N7NaO11. The second-order valence-corrected chi connectivity index (χ2v) is 17.1. The zero-order chi connectivity index (χ0) is 63.9. The van der Waals surface area contributed by atoms with Gasteiger partial charge in [0.05, 0.1) is 64.0 Å². The summed E-state index contributed by atoms with van der Waals surface area (Å²) >= 11 is 3.31. The van der Waals surface area contributed by atoms with E-state index in [4.69, 9.17) is 22.4 Å². The Morgan fingerprint density at radius 2 is 0.909 bits per heavy atom. The summed E-state index contributed by atoms with van der Waals surface area (Å²) in [7, 11) is 1.66. The first kappa shape index (κ1) is 81.1. The van der Waals surface area contributed by atoms with Crippen LogP contribution in [0.25, 0.3) is 39.7 Å². The van der Waals surface area contributed by atoms with E-state index in [1.165, 1.54) is 62.2 Å². The van der Waals surface area contributed by atoms with E-state index in [0.717, 1.165) is 75.7 Å². The van der Waals surface area contributed by atoms with Gasteiger partial charge in [0, 0.05) is 70.5 Å². The number of halogens is 8. The van der Waals surface area contributed by atoms with Gasteiger partial charge >= 0.3 is 179 Å². The van der Waals surface area contributed by atoms with E-state index in [2.05, 4.69) is 45.8 Å². The fourth-order valence-corrected chi connectivity index (χ4v) is 7.44. The van der Waals surface area contributed by atoms with Gasteiger partial charge in [0.15, 0.2) is 5.78 Å². The van der Waals surface area contributed by atoms with Crippen molar-refractivity contribution < 1.29 is 240 Å². The molecule has 0 bridgehead atoms. The van der Waals surface area contributed by atoms with E-state index >= 15 is 0 Å². The second kappa shape index (κ2) is 44.5. The van der Waals surface area contributed by atoms with Crippen molar-refractivity contribution in [3.05, 3.63) is 269 Å². The van der Waals surface area contributed by atoms with Gasteiger partial charge in [-0.2, -0.15) is 15.3 Å². The Balaban J connectivity index is 0. The molecule has 6 aromatic carbocycles. The predicted octanol–water partition coefficient (Wildman–Crippen LogP) is 1.05. The molecule has 9 rings (SSSR count). The number of ether oxygens (including phenoxy) is 2. The molecule has 0 saturated carbocycles. The first-order chi connectivity index (χ1) is 41.1. The van der Waals surface area contributed by atoms with Crippen molar-refractivity contribution in [1.29, 1.82) is 0 Å². The number of aromatic nitrogens is 6. The largest absolute Gasteiger partial charge is 1.00 e. The minimum atomic E-state index is -1.00. The van der Waals surface area contributed by atoms with Gasteiger partial charge in [-0.3, -0.25) is 23.6 Å². The summed E-state index contributed by atoms with van der Waals surface area (Å²) in [6, 6.07) is 38.0. The summed E-state index contributed by atoms with van der Waals surface area (Å²) in [6.07, 6.45) is 0. The molecule has 88 heavy (non-hydrogen) atoms. The molecule has 9 aromatic rings. The third kappa shape index (κ3) is 28.5. The SMILES string of the molecule is CC(=O)c1cccc(Cn2nc(-c3cc(F)cc(F)c3)ccc2=O)c1.COC(=O)c1cccc(CBr)c1.COC(=O)c1cccc(Cn2nc(-c3cc(F)cc(F)c3)ccc2=O)c1.O=C[O-].O=c1ccc(-c2cc(F)cc(F)c2)n[nH]1.[2H]CF.[Cs+].[Cs+].[H-].[NH-]O.[Na+]. The van der Waals surface area contributed by atoms with Gasteiger partial charge in [0.1, 0.15) is 34.9 Å². The van der Waals surface area contributed by atoms with Gasteiger partial charge < -0.3 is 31.9 Å². The number of ketones is 1. The van der Waals surface area contributed by atoms with Crippen molar-refractivity contribution in [3.8, 4) is 33.8 Å². The average molecular weight is 1540 g/mol. The molecule has 0 fully saturated rings. The first-order valence-electron chi connectivity index (χ1n) is 24.6. The smallest absolute Gasteiger partial charge is 1.00 e. The van der Waals surface area contributed by atoms with Crippen LogP contribution in [0.1, 0.15) is 57.5 Å². The minimum Gasteiger partial charge on any atom is -1.00 e. The van der Waals surface area contributed by atoms with Crippen molar-refractivity contribution in [1.82, 2.24) is 29.8 Å². The van der Waals surface area contributed by atoms with Gasteiger partial charge in [0.25, 0.3) is 16.7 Å². The number of methoxy groups -OCH3 is 2. The van der Waals surface area contributed by atoms with Crippen LogP contribution in [0.15, 0.2) is 178 Å². The Labute approximate surface area is 649 Å². The molecule has 3 aromatic heterocycles. The van der Waals surface area contributed by atoms with Gasteiger partial charge in [-0.25, -0.2) is 50.4 Å². The Bertz CT molecular complexity index is 3860. The monoisotopic (exact) mass is 1530 g/mol. The Kier molecular flexibility index (Phi) is 41.0. The molecule has 18 nitrogen and oxygen atoms in total. The Hall–Kier alpha value is -4.95. The number of carbonyl (C=O) groups is 4. The molecule has 0 radical (unpaired) electrons. The van der Waals surface area contributed by atoms with Crippen molar-refractivity contribution >= 4 is 40.1 Å². The fraction of sp³-hybridized carbons (Fsp3) is 0.119. The quantitative estimate of drug-likeness (QED) is 0.0349. The summed E-state index contributed by atoms with van der Waals surface area (Å²) in [6.45, 7) is 1.20. The molecule has 0 aliphatic carbocycles. The number of benzene rings is 6. The Morgan fingerprint density at radius 3 is 1.24 bits per heavy atom. The molecule has 0 atom stereocenters. The number of alkyl halides is 2. The minimum absolute atomic E-state index is 0. The maximum atomic E-state index is 13.4. The molecule has 0 aliphatic rings. The van der Waals surface area contributed by atoms with Crippen LogP contribution in [0.3, 0.4) is 0 Å². The van der Waals surface area contributed by atoms with Gasteiger partial charge in [-0.15, -0.1) is 0 Å². The van der Waals surface area contributed by atoms with Crippen LogP contribution in [-0.4, -0.2) is 80.5 Å². The second-order valence-electron chi connectivity index (χ2n) is 16.6. The molecule has 0 aliphatic heterocycles. The number of rotatable bonds is 11. The third-order valence-corrected chi connectivity index (χ3v) is 11.4. The van der Waals surface area contributed by atoms with Gasteiger partial charge in [-0.05, 0) is 109 Å². The number of nitrogens with zero attached hydrogens (tertiary/aromatic N) is 5. The standard InChI is InChI=1S/C19H14F2N2O3.C19H14F2N2O2.C10H6F2N2O.C9H9BrO2.CH3F.CH2O2.2Cs.H2NO.Na.H/c1-26-19(25)13-4-2-3-12(7-13)11-23-18(24)6-5-17(22-23)14-8-15(20)10-16(21)9-14;1-12(24)14-4-2-3-13(7-14)11-23-19(25)6-5-18(22-23)15-8-16(20)10-17(21)9-15;11-7-3-6(4-8(12)5-7)9-1-2-10(15)14-13-9;1-12-9(11)8-4-2-3-7(5-8)6-10;1-2;2-1-3;;;1-2;;/h2-10H,11H2,1H3;2-10H,11H2,1H3;1-5H,(H,14,15);2-5H,6H2,1H3;1H3;1H,(H,2,3);;;1-2H;;/q;;;;;;2*+1;-1;+1;-1/p-1/i;;;;1D;;;;;;. The number of esters is 2. The average Bonchev–Trinajstić information content (AvgIpc) is 1.94. The van der Waals surface area contributed by atoms with Gasteiger partial charge in [0.2, 0.25) is 0 Å². The molecule has 0 unspecified atom stereocenters. The normalized spacial score (nSPS) is 9.62. The summed E-state index contributed by atoms with van der Waals surface area (Å²) in [5, 5.41) is 29.4. The van der Waals surface area contributed by atoms with Gasteiger partial charge in [-0.1, -0.05) is 58.4 Å².